The van der Waals surface area contributed by atoms with E-state index in [1.807, 2.05) is 57.0 Å². The Balaban J connectivity index is 0.000000184. The van der Waals surface area contributed by atoms with Crippen LogP contribution in [0.3, 0.4) is 0 Å². The van der Waals surface area contributed by atoms with Crippen LogP contribution in [0.2, 0.25) is 0 Å². The van der Waals surface area contributed by atoms with Crippen LogP contribution in [0.4, 0.5) is 11.8 Å². The second kappa shape index (κ2) is 14.8. The molecule has 3 N–H and O–H groups in total. The van der Waals surface area contributed by atoms with Crippen LogP contribution in [0.15, 0.2) is 31.6 Å². The summed E-state index contributed by atoms with van der Waals surface area (Å²) in [6.45, 7) is 37.1. The molecule has 0 saturated heterocycles. The number of aromatic nitrogens is 12. The van der Waals surface area contributed by atoms with E-state index in [2.05, 4.69) is 138 Å². The van der Waals surface area contributed by atoms with Crippen molar-refractivity contribution in [3.8, 4) is 11.8 Å². The zero-order chi connectivity index (χ0) is 41.5. The Bertz CT molecular complexity index is 2120. The largest absolute Gasteiger partial charge is 0.470 e. The molecule has 16 nitrogen and oxygen atoms in total. The summed E-state index contributed by atoms with van der Waals surface area (Å²) in [6.07, 6.45) is 8.46. The fourth-order valence-corrected chi connectivity index (χ4v) is 5.18. The zero-order valence-corrected chi connectivity index (χ0v) is 36.1. The Kier molecular flexibility index (Phi) is 11.5. The maximum Gasteiger partial charge on any atom is 0.247 e. The number of rotatable bonds is 3. The normalized spacial score (nSPS) is 13.0. The van der Waals surface area contributed by atoms with E-state index in [0.717, 1.165) is 22.6 Å². The first-order valence-corrected chi connectivity index (χ1v) is 18.5. The number of hydrogen-bond acceptors (Lipinski definition) is 13. The van der Waals surface area contributed by atoms with Crippen molar-refractivity contribution in [2.75, 3.05) is 11.1 Å². The Labute approximate surface area is 325 Å². The second-order valence-electron chi connectivity index (χ2n) is 19.5. The molecule has 0 aliphatic heterocycles. The van der Waals surface area contributed by atoms with Crippen molar-refractivity contribution >= 4 is 45.3 Å². The molecule has 0 aliphatic carbocycles. The minimum atomic E-state index is -0.362. The molecule has 16 heteroatoms. The fourth-order valence-electron chi connectivity index (χ4n) is 5.18. The lowest BCUT2D eigenvalue weighted by atomic mass is 10.1. The van der Waals surface area contributed by atoms with Gasteiger partial charge in [-0.2, -0.15) is 15.0 Å². The van der Waals surface area contributed by atoms with E-state index < -0.39 is 0 Å². The molecular weight excluding hydrogens is 697 g/mol. The number of nitrogens with zero attached hydrogens (tertiary/aromatic N) is 12. The molecule has 55 heavy (non-hydrogen) atoms. The van der Waals surface area contributed by atoms with Crippen LogP contribution in [0.25, 0.3) is 33.5 Å². The summed E-state index contributed by atoms with van der Waals surface area (Å²) in [7, 11) is 0. The van der Waals surface area contributed by atoms with Crippen molar-refractivity contribution in [2.24, 2.45) is 0 Å². The van der Waals surface area contributed by atoms with Crippen LogP contribution in [0.5, 0.6) is 11.8 Å². The van der Waals surface area contributed by atoms with Gasteiger partial charge in [0.2, 0.25) is 17.7 Å². The van der Waals surface area contributed by atoms with E-state index in [9.17, 15) is 0 Å². The molecule has 6 aromatic rings. The number of nitrogens with two attached hydrogens (primary N) is 1. The number of ether oxygens (including phenoxy) is 2. The van der Waals surface area contributed by atoms with Gasteiger partial charge in [0.05, 0.1) is 19.0 Å². The molecule has 300 valence electrons. The number of fused-ring (bicyclic) bond motifs is 3. The molecule has 0 amide bonds. The lowest BCUT2D eigenvalue weighted by Gasteiger charge is -2.22. The predicted octanol–water partition coefficient (Wildman–Crippen LogP) is 7.89. The summed E-state index contributed by atoms with van der Waals surface area (Å²) in [5, 5.41) is 3.36. The third kappa shape index (κ3) is 11.0. The van der Waals surface area contributed by atoms with E-state index >= 15 is 0 Å². The molecule has 6 aromatic heterocycles. The minimum Gasteiger partial charge on any atom is -0.470 e. The highest BCUT2D eigenvalue weighted by atomic mass is 16.5. The van der Waals surface area contributed by atoms with Gasteiger partial charge in [-0.3, -0.25) is 0 Å². The van der Waals surface area contributed by atoms with Crippen LogP contribution in [-0.4, -0.2) is 75.3 Å². The monoisotopic (exact) mass is 759 g/mol. The van der Waals surface area contributed by atoms with Crippen LogP contribution < -0.4 is 20.5 Å². The minimum absolute atomic E-state index is 0.0396. The number of imidazole rings is 3. The van der Waals surface area contributed by atoms with E-state index in [1.165, 1.54) is 6.33 Å². The maximum atomic E-state index is 5.81. The average Bonchev–Trinajstić information content (AvgIpc) is 3.72. The van der Waals surface area contributed by atoms with Crippen molar-refractivity contribution in [1.82, 2.24) is 58.6 Å². The van der Waals surface area contributed by atoms with Crippen LogP contribution in [-0.2, 0) is 16.6 Å². The summed E-state index contributed by atoms with van der Waals surface area (Å²) in [5.41, 5.74) is 9.36. The summed E-state index contributed by atoms with van der Waals surface area (Å²) < 4.78 is 17.7. The van der Waals surface area contributed by atoms with Crippen molar-refractivity contribution in [3.05, 3.63) is 31.6 Å². The quantitative estimate of drug-likeness (QED) is 0.178. The standard InChI is InChI=1S/C13H21N5O.C13H21N5.C13H20N4O/c1-12(2,3)18-7-15-8-9(18)16-11(14)17-10(8)19-13(4,5)6;1-12(2,3)17-10-9-11(15-7-14-10)18(8-16-9)13(4,5)6;1-12(2,3)17-8-16-9-10(17)14-7-15-11(9)18-13(4,5)6/h7H,1-6H3,(H2,14,16,17);7-8H,1-6H3,(H,14,15,17);7-8H,1-6H3. The first kappa shape index (κ1) is 42.6. The van der Waals surface area contributed by atoms with Gasteiger partial charge in [-0.05, 0) is 125 Å². The van der Waals surface area contributed by atoms with Gasteiger partial charge in [-0.15, -0.1) is 0 Å². The number of anilines is 2. The molecule has 0 radical (unpaired) electrons. The summed E-state index contributed by atoms with van der Waals surface area (Å²) >= 11 is 0. The van der Waals surface area contributed by atoms with Gasteiger partial charge in [0, 0.05) is 22.2 Å². The molecule has 6 heterocycles. The van der Waals surface area contributed by atoms with Gasteiger partial charge < -0.3 is 34.2 Å². The molecule has 0 aliphatic rings. The zero-order valence-electron chi connectivity index (χ0n) is 36.1. The topological polar surface area (TPSA) is 187 Å². The van der Waals surface area contributed by atoms with E-state index in [0.29, 0.717) is 28.4 Å². The molecule has 0 fully saturated rings. The highest BCUT2D eigenvalue weighted by Gasteiger charge is 2.25. The van der Waals surface area contributed by atoms with Gasteiger partial charge in [-0.25, -0.2) is 29.9 Å². The molecule has 6 rings (SSSR count). The Morgan fingerprint density at radius 3 is 1.33 bits per heavy atom. The third-order valence-electron chi connectivity index (χ3n) is 7.48. The van der Waals surface area contributed by atoms with Crippen molar-refractivity contribution in [2.45, 2.75) is 158 Å². The highest BCUT2D eigenvalue weighted by Crippen LogP contribution is 2.30. The van der Waals surface area contributed by atoms with E-state index in [1.54, 1.807) is 19.0 Å². The van der Waals surface area contributed by atoms with Crippen molar-refractivity contribution < 1.29 is 9.47 Å². The van der Waals surface area contributed by atoms with Gasteiger partial charge in [-0.1, -0.05) is 0 Å². The molecular formula is C39H62N14O2. The summed E-state index contributed by atoms with van der Waals surface area (Å²) in [6, 6.07) is 0. The van der Waals surface area contributed by atoms with Crippen molar-refractivity contribution in [3.63, 3.8) is 0 Å². The first-order valence-electron chi connectivity index (χ1n) is 18.5. The van der Waals surface area contributed by atoms with Gasteiger partial charge in [0.15, 0.2) is 33.8 Å². The second-order valence-corrected chi connectivity index (χ2v) is 19.5. The van der Waals surface area contributed by atoms with Crippen molar-refractivity contribution in [1.29, 1.82) is 0 Å². The number of nitrogen functional groups attached to an aromatic ring is 1. The lowest BCUT2D eigenvalue weighted by Crippen LogP contribution is -2.27. The van der Waals surface area contributed by atoms with E-state index in [-0.39, 0.29) is 39.3 Å². The van der Waals surface area contributed by atoms with Gasteiger partial charge >= 0.3 is 0 Å². The third-order valence-corrected chi connectivity index (χ3v) is 7.48. The summed E-state index contributed by atoms with van der Waals surface area (Å²) in [4.78, 5) is 38.7. The number of hydrogen-bond donors (Lipinski definition) is 2. The molecule has 0 atom stereocenters. The highest BCUT2D eigenvalue weighted by molar-refractivity contribution is 5.83. The maximum absolute atomic E-state index is 5.81. The van der Waals surface area contributed by atoms with Crippen LogP contribution >= 0.6 is 0 Å². The molecule has 0 unspecified atom stereocenters. The molecule has 0 bridgehead atoms. The Morgan fingerprint density at radius 2 is 0.873 bits per heavy atom. The predicted molar refractivity (Wildman–Crippen MR) is 220 cm³/mol. The number of nitrogens with one attached hydrogen (secondary N) is 1. The Hall–Kier alpha value is -5.15. The Morgan fingerprint density at radius 1 is 0.473 bits per heavy atom. The van der Waals surface area contributed by atoms with Crippen LogP contribution in [0, 0.1) is 0 Å². The average molecular weight is 759 g/mol. The van der Waals surface area contributed by atoms with Gasteiger partial charge in [0.25, 0.3) is 0 Å². The molecule has 0 aromatic carbocycles. The lowest BCUT2D eigenvalue weighted by molar-refractivity contribution is 0.125. The SMILES string of the molecule is CC(C)(C)Nc1ncnc2c1ncn2C(C)(C)C.CC(C)(C)Oc1nc(N)nc2c1ncn2C(C)(C)C.CC(C)(C)Oc1ncnc2c1ncn2C(C)(C)C. The van der Waals surface area contributed by atoms with E-state index in [4.69, 9.17) is 15.2 Å². The summed E-state index contributed by atoms with van der Waals surface area (Å²) in [5.74, 6) is 1.95. The first-order chi connectivity index (χ1) is 24.9. The smallest absolute Gasteiger partial charge is 0.247 e. The molecule has 0 spiro atoms. The fraction of sp³-hybridized carbons (Fsp3) is 0.615. The molecule has 0 saturated carbocycles. The van der Waals surface area contributed by atoms with Gasteiger partial charge in [0.1, 0.15) is 29.4 Å². The van der Waals surface area contributed by atoms with Crippen LogP contribution in [0.1, 0.15) is 125 Å².